The first kappa shape index (κ1) is 20.6. The molecule has 2 aromatic carbocycles. The number of anilines is 1. The van der Waals surface area contributed by atoms with Gasteiger partial charge in [-0.2, -0.15) is 0 Å². The van der Waals surface area contributed by atoms with Crippen molar-refractivity contribution in [2.45, 2.75) is 6.92 Å². The fourth-order valence-electron chi connectivity index (χ4n) is 2.43. The van der Waals surface area contributed by atoms with E-state index in [0.717, 1.165) is 28.6 Å². The Morgan fingerprint density at radius 1 is 1.31 bits per heavy atom. The van der Waals surface area contributed by atoms with Gasteiger partial charge in [-0.3, -0.25) is 9.69 Å². The van der Waals surface area contributed by atoms with Gasteiger partial charge < -0.3 is 4.74 Å². The summed E-state index contributed by atoms with van der Waals surface area (Å²) in [6.07, 6.45) is 1.87. The van der Waals surface area contributed by atoms with Crippen molar-refractivity contribution >= 4 is 107 Å². The number of thioether (sulfide) groups is 1. The molecule has 0 aliphatic carbocycles. The summed E-state index contributed by atoms with van der Waals surface area (Å²) < 4.78 is 9.33. The lowest BCUT2D eigenvalue weighted by atomic mass is 10.2. The van der Waals surface area contributed by atoms with Crippen molar-refractivity contribution in [1.82, 2.24) is 0 Å². The molecule has 1 amide bonds. The van der Waals surface area contributed by atoms with Gasteiger partial charge in [-0.1, -0.05) is 46.0 Å². The van der Waals surface area contributed by atoms with E-state index in [1.54, 1.807) is 4.90 Å². The Morgan fingerprint density at radius 3 is 2.77 bits per heavy atom. The molecule has 134 valence electrons. The predicted molar refractivity (Wildman–Crippen MR) is 133 cm³/mol. The third kappa shape index (κ3) is 4.45. The summed E-state index contributed by atoms with van der Waals surface area (Å²) in [7, 11) is 0. The molecule has 0 radical (unpaired) electrons. The SMILES string of the molecule is CCOc1c(I)cc(I)cc1C=C1SC(=S)N(c2cccc(Br)c2)C1=O. The first-order valence-corrected chi connectivity index (χ1v) is 11.7. The maximum Gasteiger partial charge on any atom is 0.270 e. The molecular formula is C18H12BrI2NO2S2. The zero-order valence-corrected chi connectivity index (χ0v) is 21.0. The van der Waals surface area contributed by atoms with E-state index in [-0.39, 0.29) is 5.91 Å². The molecule has 0 spiro atoms. The summed E-state index contributed by atoms with van der Waals surface area (Å²) in [5.74, 6) is 0.677. The van der Waals surface area contributed by atoms with Crippen LogP contribution in [0.4, 0.5) is 5.69 Å². The van der Waals surface area contributed by atoms with Gasteiger partial charge in [-0.05, 0) is 88.5 Å². The Bertz CT molecular complexity index is 933. The molecule has 26 heavy (non-hydrogen) atoms. The monoisotopic (exact) mass is 671 g/mol. The second kappa shape index (κ2) is 8.89. The van der Waals surface area contributed by atoms with E-state index in [2.05, 4.69) is 67.2 Å². The lowest BCUT2D eigenvalue weighted by molar-refractivity contribution is -0.113. The number of carbonyl (C=O) groups excluding carboxylic acids is 1. The molecule has 1 saturated heterocycles. The number of hydrogen-bond donors (Lipinski definition) is 0. The smallest absolute Gasteiger partial charge is 0.270 e. The van der Waals surface area contributed by atoms with Crippen molar-refractivity contribution < 1.29 is 9.53 Å². The molecule has 1 aliphatic rings. The standard InChI is InChI=1S/C18H12BrI2NO2S2/c1-2-24-16-10(6-12(20)9-14(16)21)7-15-17(23)22(18(25)26-15)13-5-3-4-11(19)8-13/h3-9H,2H2,1H3. The Labute approximate surface area is 197 Å². The van der Waals surface area contributed by atoms with Gasteiger partial charge in [0.1, 0.15) is 5.75 Å². The Kier molecular flexibility index (Phi) is 7.03. The molecule has 2 aromatic rings. The second-order valence-corrected chi connectivity index (χ2v) is 10.2. The number of halogens is 3. The van der Waals surface area contributed by atoms with Crippen LogP contribution in [0.15, 0.2) is 45.8 Å². The van der Waals surface area contributed by atoms with Gasteiger partial charge in [0, 0.05) is 13.6 Å². The van der Waals surface area contributed by atoms with Gasteiger partial charge in [0.15, 0.2) is 4.32 Å². The predicted octanol–water partition coefficient (Wildman–Crippen LogP) is 6.46. The van der Waals surface area contributed by atoms with E-state index in [4.69, 9.17) is 17.0 Å². The van der Waals surface area contributed by atoms with Crippen LogP contribution in [0.2, 0.25) is 0 Å². The molecule has 0 unspecified atom stereocenters. The second-order valence-electron chi connectivity index (χ2n) is 5.24. The molecule has 0 saturated carbocycles. The van der Waals surface area contributed by atoms with Crippen LogP contribution >= 0.6 is 85.1 Å². The molecule has 0 bridgehead atoms. The van der Waals surface area contributed by atoms with Gasteiger partial charge >= 0.3 is 0 Å². The van der Waals surface area contributed by atoms with Crippen molar-refractivity contribution in [3.63, 3.8) is 0 Å². The molecule has 0 aromatic heterocycles. The maximum absolute atomic E-state index is 13.0. The van der Waals surface area contributed by atoms with E-state index in [1.807, 2.05) is 43.3 Å². The topological polar surface area (TPSA) is 29.5 Å². The van der Waals surface area contributed by atoms with E-state index >= 15 is 0 Å². The Hall–Kier alpha value is -0.170. The molecule has 1 heterocycles. The Balaban J connectivity index is 2.01. The van der Waals surface area contributed by atoms with Crippen LogP contribution in [0.3, 0.4) is 0 Å². The summed E-state index contributed by atoms with van der Waals surface area (Å²) >= 11 is 14.7. The average Bonchev–Trinajstić information content (AvgIpc) is 2.84. The van der Waals surface area contributed by atoms with Crippen LogP contribution < -0.4 is 9.64 Å². The van der Waals surface area contributed by atoms with E-state index in [0.29, 0.717) is 15.8 Å². The highest BCUT2D eigenvalue weighted by atomic mass is 127. The van der Waals surface area contributed by atoms with Crippen LogP contribution in [0.1, 0.15) is 12.5 Å². The molecule has 3 rings (SSSR count). The summed E-state index contributed by atoms with van der Waals surface area (Å²) in [5, 5.41) is 0. The highest BCUT2D eigenvalue weighted by molar-refractivity contribution is 14.1. The summed E-state index contributed by atoms with van der Waals surface area (Å²) in [5.41, 5.74) is 1.64. The fourth-order valence-corrected chi connectivity index (χ4v) is 6.15. The van der Waals surface area contributed by atoms with Crippen LogP contribution in [0.25, 0.3) is 6.08 Å². The molecular weight excluding hydrogens is 660 g/mol. The molecule has 3 nitrogen and oxygen atoms in total. The number of benzene rings is 2. The molecule has 0 atom stereocenters. The summed E-state index contributed by atoms with van der Waals surface area (Å²) in [6.45, 7) is 2.51. The number of thiocarbonyl (C=S) groups is 1. The van der Waals surface area contributed by atoms with Gasteiger partial charge in [0.05, 0.1) is 20.8 Å². The van der Waals surface area contributed by atoms with E-state index in [1.165, 1.54) is 11.8 Å². The van der Waals surface area contributed by atoms with Gasteiger partial charge in [0.25, 0.3) is 5.91 Å². The van der Waals surface area contributed by atoms with Crippen molar-refractivity contribution in [3.05, 3.63) is 58.5 Å². The van der Waals surface area contributed by atoms with Crippen molar-refractivity contribution in [1.29, 1.82) is 0 Å². The first-order chi connectivity index (χ1) is 12.4. The number of hydrogen-bond acceptors (Lipinski definition) is 4. The highest BCUT2D eigenvalue weighted by Crippen LogP contribution is 2.39. The number of nitrogens with zero attached hydrogens (tertiary/aromatic N) is 1. The fraction of sp³-hybridized carbons (Fsp3) is 0.111. The van der Waals surface area contributed by atoms with Gasteiger partial charge in [-0.25, -0.2) is 0 Å². The minimum Gasteiger partial charge on any atom is -0.492 e. The van der Waals surface area contributed by atoms with Crippen molar-refractivity contribution in [2.75, 3.05) is 11.5 Å². The minimum atomic E-state index is -0.116. The van der Waals surface area contributed by atoms with Gasteiger partial charge in [-0.15, -0.1) is 0 Å². The third-order valence-corrected chi connectivity index (χ3v) is 6.69. The normalized spacial score (nSPS) is 15.8. The lowest BCUT2D eigenvalue weighted by Gasteiger charge is -2.14. The summed E-state index contributed by atoms with van der Waals surface area (Å²) in [6, 6.07) is 11.6. The van der Waals surface area contributed by atoms with Gasteiger partial charge in [0.2, 0.25) is 0 Å². The molecule has 8 heteroatoms. The van der Waals surface area contributed by atoms with Crippen LogP contribution in [0, 0.1) is 7.14 Å². The number of rotatable bonds is 4. The van der Waals surface area contributed by atoms with Crippen molar-refractivity contribution in [3.8, 4) is 5.75 Å². The summed E-state index contributed by atoms with van der Waals surface area (Å²) in [4.78, 5) is 15.1. The largest absolute Gasteiger partial charge is 0.492 e. The van der Waals surface area contributed by atoms with Crippen LogP contribution in [-0.4, -0.2) is 16.8 Å². The molecule has 1 aliphatic heterocycles. The maximum atomic E-state index is 13.0. The van der Waals surface area contributed by atoms with Crippen LogP contribution in [-0.2, 0) is 4.79 Å². The molecule has 0 N–H and O–H groups in total. The van der Waals surface area contributed by atoms with E-state index in [9.17, 15) is 4.79 Å². The number of amides is 1. The van der Waals surface area contributed by atoms with Crippen LogP contribution in [0.5, 0.6) is 5.75 Å². The number of carbonyl (C=O) groups is 1. The lowest BCUT2D eigenvalue weighted by Crippen LogP contribution is -2.27. The zero-order valence-electron chi connectivity index (χ0n) is 13.5. The highest BCUT2D eigenvalue weighted by Gasteiger charge is 2.33. The molecule has 1 fully saturated rings. The zero-order chi connectivity index (χ0) is 18.8. The minimum absolute atomic E-state index is 0.116. The Morgan fingerprint density at radius 2 is 2.08 bits per heavy atom. The first-order valence-electron chi connectivity index (χ1n) is 7.56. The van der Waals surface area contributed by atoms with E-state index < -0.39 is 0 Å². The quantitative estimate of drug-likeness (QED) is 0.212. The third-order valence-electron chi connectivity index (χ3n) is 3.47. The van der Waals surface area contributed by atoms with Crippen molar-refractivity contribution in [2.24, 2.45) is 0 Å². The number of ether oxygens (including phenoxy) is 1. The average molecular weight is 672 g/mol.